The van der Waals surface area contributed by atoms with Crippen LogP contribution in [-0.4, -0.2) is 26.0 Å². The molecule has 0 radical (unpaired) electrons. The summed E-state index contributed by atoms with van der Waals surface area (Å²) in [5.41, 5.74) is 0. The molecule has 0 aliphatic rings. The van der Waals surface area contributed by atoms with Gasteiger partial charge in [-0.3, -0.25) is 0 Å². The predicted octanol–water partition coefficient (Wildman–Crippen LogP) is 2.74. The summed E-state index contributed by atoms with van der Waals surface area (Å²) in [6.45, 7) is 0. The van der Waals surface area contributed by atoms with Gasteiger partial charge < -0.3 is 9.84 Å². The van der Waals surface area contributed by atoms with Crippen molar-refractivity contribution in [2.45, 2.75) is 0 Å². The van der Waals surface area contributed by atoms with Crippen LogP contribution in [0.3, 0.4) is 0 Å². The van der Waals surface area contributed by atoms with Gasteiger partial charge in [0.25, 0.3) is 0 Å². The second kappa shape index (κ2) is 4.72. The summed E-state index contributed by atoms with van der Waals surface area (Å²) in [6, 6.07) is 4.67. The number of carboxylic acid groups (broad SMARTS) is 1. The molecule has 2 aromatic heterocycles. The molecule has 6 nitrogen and oxygen atoms in total. The van der Waals surface area contributed by atoms with Gasteiger partial charge in [-0.2, -0.15) is 9.78 Å². The smallest absolute Gasteiger partial charge is 0.449 e. The van der Waals surface area contributed by atoms with Crippen LogP contribution in [0.1, 0.15) is 0 Å². The van der Waals surface area contributed by atoms with Gasteiger partial charge in [-0.15, -0.1) is 0 Å². The number of hydrogen-bond acceptors (Lipinski definition) is 4. The molecule has 0 unspecified atom stereocenters. The standard InChI is InChI=1S/C9H5BrClN3O3/c10-6-4-7(17-9(15)16)14(13-6)8-5(11)2-1-3-12-8/h1-4H,(H,15,16). The molecular weight excluding hydrogens is 313 g/mol. The second-order valence-corrected chi connectivity index (χ2v) is 4.11. The van der Waals surface area contributed by atoms with Crippen molar-refractivity contribution in [3.05, 3.63) is 34.0 Å². The zero-order valence-electron chi connectivity index (χ0n) is 8.17. The minimum absolute atomic E-state index is 0.00461. The van der Waals surface area contributed by atoms with Crippen LogP contribution in [0, 0.1) is 0 Å². The first-order valence-corrected chi connectivity index (χ1v) is 5.52. The Morgan fingerprint density at radius 2 is 2.35 bits per heavy atom. The normalized spacial score (nSPS) is 10.2. The van der Waals surface area contributed by atoms with Crippen LogP contribution < -0.4 is 4.74 Å². The van der Waals surface area contributed by atoms with E-state index < -0.39 is 6.16 Å². The zero-order valence-corrected chi connectivity index (χ0v) is 10.5. The summed E-state index contributed by atoms with van der Waals surface area (Å²) >= 11 is 9.05. The summed E-state index contributed by atoms with van der Waals surface area (Å²) in [5, 5.41) is 12.9. The number of hydrogen-bond donors (Lipinski definition) is 1. The maximum atomic E-state index is 10.5. The summed E-state index contributed by atoms with van der Waals surface area (Å²) in [4.78, 5) is 14.5. The van der Waals surface area contributed by atoms with Crippen LogP contribution in [0.2, 0.25) is 5.02 Å². The lowest BCUT2D eigenvalue weighted by Gasteiger charge is -2.05. The molecule has 0 saturated carbocycles. The van der Waals surface area contributed by atoms with E-state index in [2.05, 4.69) is 30.7 Å². The van der Waals surface area contributed by atoms with Crippen molar-refractivity contribution in [2.24, 2.45) is 0 Å². The molecule has 0 spiro atoms. The number of ether oxygens (including phenoxy) is 1. The summed E-state index contributed by atoms with van der Waals surface area (Å²) in [5.74, 6) is 0.293. The Labute approximate surface area is 109 Å². The van der Waals surface area contributed by atoms with Gasteiger partial charge >= 0.3 is 6.16 Å². The van der Waals surface area contributed by atoms with E-state index in [1.165, 1.54) is 16.9 Å². The van der Waals surface area contributed by atoms with Crippen LogP contribution >= 0.6 is 27.5 Å². The molecule has 2 heterocycles. The third kappa shape index (κ3) is 2.56. The highest BCUT2D eigenvalue weighted by Crippen LogP contribution is 2.25. The zero-order chi connectivity index (χ0) is 12.4. The van der Waals surface area contributed by atoms with Crippen molar-refractivity contribution in [3.8, 4) is 11.7 Å². The molecule has 0 aromatic carbocycles. The Balaban J connectivity index is 2.51. The average Bonchev–Trinajstić information content (AvgIpc) is 2.59. The SMILES string of the molecule is O=C(O)Oc1cc(Br)nn1-c1ncccc1Cl. The highest BCUT2D eigenvalue weighted by Gasteiger charge is 2.15. The van der Waals surface area contributed by atoms with Crippen LogP contribution in [0.4, 0.5) is 4.79 Å². The van der Waals surface area contributed by atoms with Gasteiger partial charge in [0.05, 0.1) is 5.02 Å². The monoisotopic (exact) mass is 317 g/mol. The lowest BCUT2D eigenvalue weighted by Crippen LogP contribution is -2.09. The molecule has 17 heavy (non-hydrogen) atoms. The van der Waals surface area contributed by atoms with E-state index in [1.807, 2.05) is 0 Å². The largest absolute Gasteiger partial charge is 0.512 e. The molecule has 0 saturated heterocycles. The summed E-state index contributed by atoms with van der Waals surface area (Å²) in [6.07, 6.45) is 0.0761. The van der Waals surface area contributed by atoms with Gasteiger partial charge in [0, 0.05) is 12.3 Å². The van der Waals surface area contributed by atoms with E-state index in [9.17, 15) is 4.79 Å². The molecule has 0 aliphatic heterocycles. The van der Waals surface area contributed by atoms with Gasteiger partial charge in [-0.05, 0) is 28.1 Å². The van der Waals surface area contributed by atoms with Crippen LogP contribution in [0.5, 0.6) is 5.88 Å². The quantitative estimate of drug-likeness (QED) is 0.862. The van der Waals surface area contributed by atoms with Gasteiger partial charge in [-0.1, -0.05) is 11.6 Å². The molecule has 0 fully saturated rings. The van der Waals surface area contributed by atoms with E-state index >= 15 is 0 Å². The fraction of sp³-hybridized carbons (Fsp3) is 0. The highest BCUT2D eigenvalue weighted by molar-refractivity contribution is 9.10. The molecule has 0 atom stereocenters. The molecule has 0 aliphatic carbocycles. The summed E-state index contributed by atoms with van der Waals surface area (Å²) < 4.78 is 6.17. The van der Waals surface area contributed by atoms with Crippen molar-refractivity contribution < 1.29 is 14.6 Å². The number of halogens is 2. The van der Waals surface area contributed by atoms with E-state index in [-0.39, 0.29) is 11.7 Å². The molecule has 8 heteroatoms. The molecule has 0 amide bonds. The number of carbonyl (C=O) groups is 1. The minimum Gasteiger partial charge on any atom is -0.449 e. The number of pyridine rings is 1. The van der Waals surface area contributed by atoms with Gasteiger partial charge in [0.15, 0.2) is 5.82 Å². The Bertz CT molecular complexity index is 572. The van der Waals surface area contributed by atoms with Crippen LogP contribution in [0.25, 0.3) is 5.82 Å². The van der Waals surface area contributed by atoms with Crippen molar-refractivity contribution >= 4 is 33.7 Å². The number of aromatic nitrogens is 3. The lowest BCUT2D eigenvalue weighted by atomic mass is 10.4. The maximum absolute atomic E-state index is 10.5. The Morgan fingerprint density at radius 1 is 1.59 bits per heavy atom. The molecule has 2 rings (SSSR count). The summed E-state index contributed by atoms with van der Waals surface area (Å²) in [7, 11) is 0. The van der Waals surface area contributed by atoms with Crippen LogP contribution in [-0.2, 0) is 0 Å². The molecule has 88 valence electrons. The second-order valence-electron chi connectivity index (χ2n) is 2.89. The van der Waals surface area contributed by atoms with E-state index in [1.54, 1.807) is 12.1 Å². The lowest BCUT2D eigenvalue weighted by molar-refractivity contribution is 0.141. The number of rotatable bonds is 2. The third-order valence-electron chi connectivity index (χ3n) is 1.78. The first-order valence-electron chi connectivity index (χ1n) is 4.35. The molecule has 0 bridgehead atoms. The fourth-order valence-electron chi connectivity index (χ4n) is 1.18. The molecule has 2 aromatic rings. The third-order valence-corrected chi connectivity index (χ3v) is 2.46. The fourth-order valence-corrected chi connectivity index (χ4v) is 1.74. The van der Waals surface area contributed by atoms with E-state index in [4.69, 9.17) is 16.7 Å². The minimum atomic E-state index is -1.44. The average molecular weight is 319 g/mol. The predicted molar refractivity (Wildman–Crippen MR) is 62.7 cm³/mol. The van der Waals surface area contributed by atoms with Crippen molar-refractivity contribution in [3.63, 3.8) is 0 Å². The number of nitrogens with zero attached hydrogens (tertiary/aromatic N) is 3. The van der Waals surface area contributed by atoms with Gasteiger partial charge in [-0.25, -0.2) is 9.78 Å². The van der Waals surface area contributed by atoms with E-state index in [0.717, 1.165) is 0 Å². The van der Waals surface area contributed by atoms with Crippen molar-refractivity contribution in [2.75, 3.05) is 0 Å². The first-order chi connectivity index (χ1) is 8.08. The molecular formula is C9H5BrClN3O3. The highest BCUT2D eigenvalue weighted by atomic mass is 79.9. The van der Waals surface area contributed by atoms with Crippen molar-refractivity contribution in [1.29, 1.82) is 0 Å². The van der Waals surface area contributed by atoms with Crippen molar-refractivity contribution in [1.82, 2.24) is 14.8 Å². The van der Waals surface area contributed by atoms with E-state index in [0.29, 0.717) is 9.63 Å². The topological polar surface area (TPSA) is 77.2 Å². The molecule has 1 N–H and O–H groups in total. The Hall–Kier alpha value is -1.60. The Kier molecular flexibility index (Phi) is 3.30. The Morgan fingerprint density at radius 3 is 3.00 bits per heavy atom. The van der Waals surface area contributed by atoms with Gasteiger partial charge in [0.2, 0.25) is 5.88 Å². The first kappa shape index (κ1) is 11.9. The van der Waals surface area contributed by atoms with Gasteiger partial charge in [0.1, 0.15) is 4.60 Å². The maximum Gasteiger partial charge on any atom is 0.512 e. The van der Waals surface area contributed by atoms with Crippen LogP contribution in [0.15, 0.2) is 29.0 Å².